The van der Waals surface area contributed by atoms with Crippen molar-refractivity contribution in [3.8, 4) is 11.8 Å². The number of aromatic nitrogens is 2. The number of ether oxygens (including phenoxy) is 2. The second-order valence-corrected chi connectivity index (χ2v) is 9.61. The summed E-state index contributed by atoms with van der Waals surface area (Å²) < 4.78 is 25.5. The van der Waals surface area contributed by atoms with Gasteiger partial charge in [0, 0.05) is 5.54 Å². The van der Waals surface area contributed by atoms with Crippen LogP contribution in [0.4, 0.5) is 4.39 Å². The van der Waals surface area contributed by atoms with Gasteiger partial charge in [-0.2, -0.15) is 14.4 Å². The number of nitrogens with one attached hydrogen (secondary N) is 1. The molecule has 1 N–H and O–H groups in total. The number of carbonyl (C=O) groups excluding carboxylic acids is 1. The average molecular weight is 410 g/mol. The van der Waals surface area contributed by atoms with Crippen LogP contribution >= 0.6 is 11.8 Å². The zero-order valence-electron chi connectivity index (χ0n) is 16.7. The molecule has 0 aromatic carbocycles. The number of halogens is 1. The first kappa shape index (κ1) is 19.7. The summed E-state index contributed by atoms with van der Waals surface area (Å²) in [5, 5.41) is 3.56. The van der Waals surface area contributed by atoms with E-state index in [0.29, 0.717) is 5.16 Å². The van der Waals surface area contributed by atoms with E-state index in [1.54, 1.807) is 20.1 Å². The fraction of sp³-hybridized carbons (Fsp3) is 0.750. The first-order valence-corrected chi connectivity index (χ1v) is 11.3. The third kappa shape index (κ3) is 4.07. The first-order chi connectivity index (χ1) is 13.4. The molecule has 0 atom stereocenters. The minimum atomic E-state index is -0.769. The lowest BCUT2D eigenvalue weighted by Crippen LogP contribution is -2.60. The molecule has 4 aliphatic carbocycles. The quantitative estimate of drug-likeness (QED) is 0.548. The zero-order chi connectivity index (χ0) is 19.9. The van der Waals surface area contributed by atoms with E-state index < -0.39 is 5.82 Å². The molecule has 4 saturated carbocycles. The maximum atomic E-state index is 14.6. The molecule has 0 spiro atoms. The highest BCUT2D eigenvalue weighted by molar-refractivity contribution is 7.98. The van der Waals surface area contributed by atoms with Gasteiger partial charge in [0.05, 0.1) is 6.10 Å². The van der Waals surface area contributed by atoms with Crippen LogP contribution in [0.2, 0.25) is 0 Å². The Morgan fingerprint density at radius 3 is 2.29 bits per heavy atom. The fourth-order valence-corrected chi connectivity index (χ4v) is 5.95. The second-order valence-electron chi connectivity index (χ2n) is 8.84. The molecule has 6 nitrogen and oxygen atoms in total. The molecular weight excluding hydrogens is 381 g/mol. The molecule has 0 saturated heterocycles. The van der Waals surface area contributed by atoms with Crippen molar-refractivity contribution in [2.75, 3.05) is 12.9 Å². The van der Waals surface area contributed by atoms with Crippen molar-refractivity contribution >= 4 is 17.7 Å². The summed E-state index contributed by atoms with van der Waals surface area (Å²) in [6, 6.07) is 0. The van der Waals surface area contributed by atoms with Gasteiger partial charge in [0.25, 0.3) is 17.7 Å². The second kappa shape index (κ2) is 7.69. The van der Waals surface area contributed by atoms with E-state index in [2.05, 4.69) is 15.3 Å². The summed E-state index contributed by atoms with van der Waals surface area (Å²) in [7, 11) is 0. The Hall–Kier alpha value is -1.57. The summed E-state index contributed by atoms with van der Waals surface area (Å²) in [6.07, 6.45) is 8.69. The molecule has 4 aliphatic rings. The molecule has 1 heterocycles. The molecule has 5 rings (SSSR count). The number of hydrogen-bond acceptors (Lipinski definition) is 6. The zero-order valence-corrected chi connectivity index (χ0v) is 17.5. The van der Waals surface area contributed by atoms with Crippen molar-refractivity contribution in [2.45, 2.75) is 69.2 Å². The highest BCUT2D eigenvalue weighted by Gasteiger charge is 2.51. The Labute approximate surface area is 169 Å². The molecule has 1 aromatic heterocycles. The van der Waals surface area contributed by atoms with Crippen LogP contribution in [0.25, 0.3) is 0 Å². The minimum absolute atomic E-state index is 0.0875. The summed E-state index contributed by atoms with van der Waals surface area (Å²) in [6.45, 7) is 3.32. The molecule has 0 aliphatic heterocycles. The van der Waals surface area contributed by atoms with Gasteiger partial charge in [0.2, 0.25) is 5.82 Å². The van der Waals surface area contributed by atoms with Gasteiger partial charge < -0.3 is 14.8 Å². The van der Waals surface area contributed by atoms with Crippen LogP contribution < -0.4 is 14.8 Å². The highest BCUT2D eigenvalue weighted by atomic mass is 32.2. The van der Waals surface area contributed by atoms with E-state index in [1.165, 1.54) is 31.0 Å². The van der Waals surface area contributed by atoms with Crippen molar-refractivity contribution in [3.63, 3.8) is 0 Å². The van der Waals surface area contributed by atoms with E-state index >= 15 is 0 Å². The molecule has 1 aromatic rings. The van der Waals surface area contributed by atoms with E-state index in [9.17, 15) is 9.18 Å². The van der Waals surface area contributed by atoms with E-state index in [1.807, 2.05) is 0 Å². The lowest BCUT2D eigenvalue weighted by Gasteiger charge is -2.56. The Kier molecular flexibility index (Phi) is 5.42. The molecular formula is C20H28FN3O3S. The molecule has 0 unspecified atom stereocenters. The fourth-order valence-electron chi connectivity index (χ4n) is 5.61. The number of hydrogen-bond donors (Lipinski definition) is 1. The van der Waals surface area contributed by atoms with Crippen molar-refractivity contribution < 1.29 is 18.7 Å². The van der Waals surface area contributed by atoms with Crippen LogP contribution in [0.5, 0.6) is 11.8 Å². The van der Waals surface area contributed by atoms with E-state index in [0.717, 1.165) is 37.0 Å². The van der Waals surface area contributed by atoms with Crippen LogP contribution in [0.3, 0.4) is 0 Å². The van der Waals surface area contributed by atoms with Crippen molar-refractivity contribution in [3.05, 3.63) is 5.82 Å². The van der Waals surface area contributed by atoms with Gasteiger partial charge in [-0.05, 0) is 76.4 Å². The number of amides is 1. The molecule has 8 heteroatoms. The molecule has 0 radical (unpaired) electrons. The minimum Gasteiger partial charge on any atom is -0.473 e. The predicted octanol–water partition coefficient (Wildman–Crippen LogP) is 3.59. The van der Waals surface area contributed by atoms with Gasteiger partial charge in [0.15, 0.2) is 11.8 Å². The van der Waals surface area contributed by atoms with Crippen LogP contribution in [0.15, 0.2) is 5.16 Å². The Morgan fingerprint density at radius 1 is 1.18 bits per heavy atom. The van der Waals surface area contributed by atoms with Gasteiger partial charge in [0.1, 0.15) is 0 Å². The lowest BCUT2D eigenvalue weighted by atomic mass is 9.53. The molecule has 28 heavy (non-hydrogen) atoms. The van der Waals surface area contributed by atoms with Crippen molar-refractivity contribution in [1.29, 1.82) is 0 Å². The monoisotopic (exact) mass is 409 g/mol. The summed E-state index contributed by atoms with van der Waals surface area (Å²) in [5.74, 6) is 0.859. The summed E-state index contributed by atoms with van der Waals surface area (Å²) >= 11 is 1.26. The molecule has 4 bridgehead atoms. The Balaban J connectivity index is 1.41. The van der Waals surface area contributed by atoms with Crippen LogP contribution in [0.1, 0.15) is 52.4 Å². The molecule has 4 fully saturated rings. The largest absolute Gasteiger partial charge is 0.473 e. The maximum absolute atomic E-state index is 14.6. The van der Waals surface area contributed by atoms with Crippen LogP contribution in [-0.2, 0) is 4.79 Å². The number of carbonyl (C=O) groups is 1. The van der Waals surface area contributed by atoms with E-state index in [4.69, 9.17) is 9.47 Å². The third-order valence-electron chi connectivity index (χ3n) is 6.08. The van der Waals surface area contributed by atoms with Gasteiger partial charge >= 0.3 is 0 Å². The first-order valence-electron chi connectivity index (χ1n) is 10.1. The Bertz CT molecular complexity index is 723. The van der Waals surface area contributed by atoms with Gasteiger partial charge in [-0.15, -0.1) is 0 Å². The number of thioether (sulfide) groups is 1. The molecule has 154 valence electrons. The van der Waals surface area contributed by atoms with Gasteiger partial charge in [-0.3, -0.25) is 4.79 Å². The highest BCUT2D eigenvalue weighted by Crippen LogP contribution is 2.55. The third-order valence-corrected chi connectivity index (χ3v) is 6.63. The predicted molar refractivity (Wildman–Crippen MR) is 104 cm³/mol. The van der Waals surface area contributed by atoms with Crippen molar-refractivity contribution in [2.24, 2.45) is 17.8 Å². The summed E-state index contributed by atoms with van der Waals surface area (Å²) in [4.78, 5) is 20.7. The number of nitrogens with zero attached hydrogens (tertiary/aromatic N) is 2. The van der Waals surface area contributed by atoms with Crippen molar-refractivity contribution in [1.82, 2.24) is 15.3 Å². The van der Waals surface area contributed by atoms with Crippen LogP contribution in [0, 0.1) is 23.6 Å². The normalized spacial score (nSPS) is 30.5. The maximum Gasteiger partial charge on any atom is 0.259 e. The average Bonchev–Trinajstić information content (AvgIpc) is 2.60. The Morgan fingerprint density at radius 2 is 1.75 bits per heavy atom. The standard InChI is InChI=1S/C20H28FN3O3S/c1-11(2)27-18-16(21)17(22-19(23-18)28-3)26-10-15(25)24-20-7-12-4-13(8-20)6-14(5-12)9-20/h11-14H,4-10H2,1-3H3,(H,24,25). The molecule has 1 amide bonds. The SMILES string of the molecule is CSc1nc(OCC(=O)NC23CC4CC(CC(C4)C2)C3)c(F)c(OC(C)C)n1. The lowest BCUT2D eigenvalue weighted by molar-refractivity contribution is -0.129. The summed E-state index contributed by atoms with van der Waals surface area (Å²) in [5.41, 5.74) is -0.0875. The van der Waals surface area contributed by atoms with Crippen LogP contribution in [-0.4, -0.2) is 40.4 Å². The van der Waals surface area contributed by atoms with Gasteiger partial charge in [-0.1, -0.05) is 11.8 Å². The van der Waals surface area contributed by atoms with E-state index in [-0.39, 0.29) is 35.9 Å². The smallest absolute Gasteiger partial charge is 0.259 e. The van der Waals surface area contributed by atoms with Gasteiger partial charge in [-0.25, -0.2) is 0 Å². The topological polar surface area (TPSA) is 73.3 Å². The number of rotatable bonds is 7.